The van der Waals surface area contributed by atoms with E-state index in [2.05, 4.69) is 226 Å². The Morgan fingerprint density at radius 2 is 1.02 bits per heavy atom. The van der Waals surface area contributed by atoms with Crippen LogP contribution in [0.3, 0.4) is 0 Å². The van der Waals surface area contributed by atoms with Crippen LogP contribution in [0.4, 0.5) is 22.7 Å². The maximum atomic E-state index is 4.63. The summed E-state index contributed by atoms with van der Waals surface area (Å²) in [7, 11) is 0. The van der Waals surface area contributed by atoms with Gasteiger partial charge < -0.3 is 14.4 Å². The summed E-state index contributed by atoms with van der Waals surface area (Å²) in [4.78, 5) is 9.64. The van der Waals surface area contributed by atoms with Crippen molar-refractivity contribution in [2.45, 2.75) is 12.5 Å². The van der Waals surface area contributed by atoms with Gasteiger partial charge in [-0.2, -0.15) is 0 Å². The third-order valence-corrected chi connectivity index (χ3v) is 11.0. The maximum absolute atomic E-state index is 4.63. The van der Waals surface area contributed by atoms with Crippen molar-refractivity contribution in [3.8, 4) is 27.9 Å². The minimum Gasteiger partial charge on any atom is -0.332 e. The van der Waals surface area contributed by atoms with Crippen molar-refractivity contribution < 1.29 is 0 Å². The Morgan fingerprint density at radius 3 is 1.67 bits per heavy atom. The molecule has 2 heterocycles. The second-order valence-electron chi connectivity index (χ2n) is 14.4. The Kier molecular flexibility index (Phi) is 8.98. The molecule has 1 aliphatic carbocycles. The normalized spacial score (nSPS) is 13.5. The molecule has 0 saturated heterocycles. The molecular weight excluding hydrogens is 693 g/mol. The SMILES string of the molecule is C1=C(N(c2ccccc2)c2cccc(-c3ccccc3)c2)CC(N(c2ccccc2)c2cccc(-c3ccccc3)c2)c2c1c1ccccc1n2-c1cccnc1. The van der Waals surface area contributed by atoms with Gasteiger partial charge in [-0.25, -0.2) is 0 Å². The molecule has 0 spiro atoms. The standard InChI is InChI=1S/C53H40N4/c1-5-18-39(19-6-1)41-22-15-28-45(34-41)55(43-24-9-3-10-25-43)48-36-50-49-31-13-14-32-51(49)57(47-30-17-33-54-38-47)53(50)52(37-48)56(44-26-11-4-12-27-44)46-29-16-23-42(35-46)40-20-7-2-8-21-40/h1-36,38,52H,37H2. The van der Waals surface area contributed by atoms with Crippen molar-refractivity contribution >= 4 is 39.7 Å². The van der Waals surface area contributed by atoms with Gasteiger partial charge in [-0.15, -0.1) is 0 Å². The van der Waals surface area contributed by atoms with Gasteiger partial charge in [0.1, 0.15) is 0 Å². The number of fused-ring (bicyclic) bond motifs is 3. The first-order valence-electron chi connectivity index (χ1n) is 19.5. The van der Waals surface area contributed by atoms with E-state index in [0.29, 0.717) is 0 Å². The van der Waals surface area contributed by atoms with E-state index < -0.39 is 0 Å². The van der Waals surface area contributed by atoms with E-state index in [1.165, 1.54) is 44.6 Å². The van der Waals surface area contributed by atoms with Gasteiger partial charge in [0.2, 0.25) is 0 Å². The molecule has 1 aliphatic rings. The number of benzene rings is 7. The van der Waals surface area contributed by atoms with Crippen LogP contribution in [0, 0.1) is 0 Å². The topological polar surface area (TPSA) is 24.3 Å². The fourth-order valence-corrected chi connectivity index (χ4v) is 8.50. The summed E-state index contributed by atoms with van der Waals surface area (Å²) in [6, 6.07) is 73.8. The molecule has 0 N–H and O–H groups in total. The zero-order chi connectivity index (χ0) is 38.0. The first-order valence-corrected chi connectivity index (χ1v) is 19.5. The highest BCUT2D eigenvalue weighted by molar-refractivity contribution is 5.96. The number of nitrogens with zero attached hydrogens (tertiary/aromatic N) is 4. The van der Waals surface area contributed by atoms with Gasteiger partial charge in [-0.1, -0.05) is 140 Å². The molecule has 0 amide bonds. The predicted octanol–water partition coefficient (Wildman–Crippen LogP) is 13.8. The molecule has 10 rings (SSSR count). The Bertz CT molecular complexity index is 2810. The quantitative estimate of drug-likeness (QED) is 0.148. The Hall–Kier alpha value is -7.43. The monoisotopic (exact) mass is 732 g/mol. The average molecular weight is 733 g/mol. The van der Waals surface area contributed by atoms with Crippen LogP contribution < -0.4 is 9.80 Å². The fraction of sp³-hybridized carbons (Fsp3) is 0.0377. The second-order valence-corrected chi connectivity index (χ2v) is 14.4. The van der Waals surface area contributed by atoms with E-state index in [1.54, 1.807) is 0 Å². The predicted molar refractivity (Wildman–Crippen MR) is 237 cm³/mol. The number of aromatic nitrogens is 2. The van der Waals surface area contributed by atoms with Crippen molar-refractivity contribution in [2.75, 3.05) is 9.80 Å². The molecule has 4 heteroatoms. The number of rotatable bonds is 9. The van der Waals surface area contributed by atoms with Gasteiger partial charge in [0.05, 0.1) is 29.1 Å². The summed E-state index contributed by atoms with van der Waals surface area (Å²) in [5, 5.41) is 1.20. The van der Waals surface area contributed by atoms with Crippen LogP contribution in [0.2, 0.25) is 0 Å². The summed E-state index contributed by atoms with van der Waals surface area (Å²) in [6.45, 7) is 0. The molecule has 0 aliphatic heterocycles. The Morgan fingerprint density at radius 1 is 0.474 bits per heavy atom. The molecule has 0 saturated carbocycles. The minimum absolute atomic E-state index is 0.121. The van der Waals surface area contributed by atoms with Crippen LogP contribution in [0.1, 0.15) is 23.7 Å². The smallest absolute Gasteiger partial charge is 0.0807 e. The molecule has 272 valence electrons. The van der Waals surface area contributed by atoms with E-state index >= 15 is 0 Å². The molecular formula is C53H40N4. The Labute approximate surface area is 333 Å². The number of anilines is 4. The summed E-state index contributed by atoms with van der Waals surface area (Å²) in [6.07, 6.45) is 6.99. The molecule has 4 nitrogen and oxygen atoms in total. The van der Waals surface area contributed by atoms with Gasteiger partial charge >= 0.3 is 0 Å². The lowest BCUT2D eigenvalue weighted by Gasteiger charge is -2.40. The number of hydrogen-bond donors (Lipinski definition) is 0. The van der Waals surface area contributed by atoms with Crippen molar-refractivity contribution in [3.05, 3.63) is 236 Å². The van der Waals surface area contributed by atoms with Crippen LogP contribution in [0.15, 0.2) is 224 Å². The zero-order valence-electron chi connectivity index (χ0n) is 31.4. The highest BCUT2D eigenvalue weighted by Crippen LogP contribution is 2.50. The van der Waals surface area contributed by atoms with Gasteiger partial charge in [-0.05, 0) is 95.1 Å². The van der Waals surface area contributed by atoms with Crippen LogP contribution in [-0.4, -0.2) is 9.55 Å². The van der Waals surface area contributed by atoms with Gasteiger partial charge in [-0.3, -0.25) is 4.98 Å². The van der Waals surface area contributed by atoms with Crippen LogP contribution >= 0.6 is 0 Å². The van der Waals surface area contributed by atoms with Gasteiger partial charge in [0.15, 0.2) is 0 Å². The maximum Gasteiger partial charge on any atom is 0.0807 e. The lowest BCUT2D eigenvalue weighted by Crippen LogP contribution is -2.31. The zero-order valence-corrected chi connectivity index (χ0v) is 31.4. The van der Waals surface area contributed by atoms with E-state index in [-0.39, 0.29) is 6.04 Å². The van der Waals surface area contributed by atoms with E-state index in [0.717, 1.165) is 40.4 Å². The lowest BCUT2D eigenvalue weighted by molar-refractivity contribution is 0.641. The third kappa shape index (κ3) is 6.47. The van der Waals surface area contributed by atoms with Crippen LogP contribution in [-0.2, 0) is 0 Å². The fourth-order valence-electron chi connectivity index (χ4n) is 8.50. The molecule has 9 aromatic rings. The highest BCUT2D eigenvalue weighted by atomic mass is 15.2. The summed E-state index contributed by atoms with van der Waals surface area (Å²) in [5.74, 6) is 0. The lowest BCUT2D eigenvalue weighted by atomic mass is 9.91. The number of hydrogen-bond acceptors (Lipinski definition) is 3. The molecule has 57 heavy (non-hydrogen) atoms. The summed E-state index contributed by atoms with van der Waals surface area (Å²) in [5.41, 5.74) is 15.1. The van der Waals surface area contributed by atoms with Gasteiger partial charge in [0, 0.05) is 52.0 Å². The number of pyridine rings is 1. The van der Waals surface area contributed by atoms with Crippen molar-refractivity contribution in [1.82, 2.24) is 9.55 Å². The van der Waals surface area contributed by atoms with Crippen molar-refractivity contribution in [3.63, 3.8) is 0 Å². The molecule has 1 atom stereocenters. The summed E-state index contributed by atoms with van der Waals surface area (Å²) < 4.78 is 2.44. The molecule has 7 aromatic carbocycles. The largest absolute Gasteiger partial charge is 0.332 e. The van der Waals surface area contributed by atoms with Crippen molar-refractivity contribution in [2.24, 2.45) is 0 Å². The average Bonchev–Trinajstić information content (AvgIpc) is 3.63. The first-order chi connectivity index (χ1) is 28.3. The molecule has 0 radical (unpaired) electrons. The molecule has 2 aromatic heterocycles. The Balaban J connectivity index is 1.24. The third-order valence-electron chi connectivity index (χ3n) is 11.0. The molecule has 0 bridgehead atoms. The molecule has 0 fully saturated rings. The van der Waals surface area contributed by atoms with Crippen LogP contribution in [0.25, 0.3) is 44.9 Å². The first kappa shape index (κ1) is 34.1. The molecule has 1 unspecified atom stereocenters. The summed E-state index contributed by atoms with van der Waals surface area (Å²) >= 11 is 0. The van der Waals surface area contributed by atoms with Crippen LogP contribution in [0.5, 0.6) is 0 Å². The van der Waals surface area contributed by atoms with Gasteiger partial charge in [0.25, 0.3) is 0 Å². The van der Waals surface area contributed by atoms with E-state index in [1.807, 2.05) is 18.5 Å². The highest BCUT2D eigenvalue weighted by Gasteiger charge is 2.36. The number of para-hydroxylation sites is 3. The van der Waals surface area contributed by atoms with E-state index in [4.69, 9.17) is 0 Å². The van der Waals surface area contributed by atoms with E-state index in [9.17, 15) is 0 Å². The van der Waals surface area contributed by atoms with Crippen molar-refractivity contribution in [1.29, 1.82) is 0 Å². The second kappa shape index (κ2) is 15.0. The minimum atomic E-state index is -0.121.